The monoisotopic (exact) mass is 252 g/mol. The zero-order chi connectivity index (χ0) is 12.4. The van der Waals surface area contributed by atoms with Gasteiger partial charge in [0, 0.05) is 12.4 Å². The summed E-state index contributed by atoms with van der Waals surface area (Å²) < 4.78 is 1.69. The normalized spacial score (nSPS) is 12.4. The molecule has 0 saturated heterocycles. The number of benzene rings is 1. The van der Waals surface area contributed by atoms with Gasteiger partial charge in [0.1, 0.15) is 0 Å². The van der Waals surface area contributed by atoms with Gasteiger partial charge in [-0.15, -0.1) is 0 Å². The number of imidazole rings is 1. The van der Waals surface area contributed by atoms with Crippen LogP contribution in [0.25, 0.3) is 5.69 Å². The van der Waals surface area contributed by atoms with E-state index in [0.717, 1.165) is 0 Å². The molecule has 1 atom stereocenters. The van der Waals surface area contributed by atoms with Crippen molar-refractivity contribution in [2.45, 2.75) is 6.10 Å². The predicted molar refractivity (Wildman–Crippen MR) is 61.2 cm³/mol. The van der Waals surface area contributed by atoms with Crippen LogP contribution in [0.2, 0.25) is 5.02 Å². The lowest BCUT2D eigenvalue weighted by molar-refractivity contribution is -0.146. The van der Waals surface area contributed by atoms with Crippen molar-refractivity contribution >= 4 is 17.6 Å². The number of aliphatic carboxylic acids is 1. The number of halogens is 1. The summed E-state index contributed by atoms with van der Waals surface area (Å²) in [5.74, 6) is -1.31. The standard InChI is InChI=1S/C11H9ClN2O3/c12-8-5-7(10(15)11(16)17)1-2-9(8)14-4-3-13-6-14/h1-6,10,15H,(H,16,17). The van der Waals surface area contributed by atoms with E-state index in [9.17, 15) is 9.90 Å². The Balaban J connectivity index is 2.39. The zero-order valence-corrected chi connectivity index (χ0v) is 9.37. The molecule has 0 bridgehead atoms. The molecule has 17 heavy (non-hydrogen) atoms. The van der Waals surface area contributed by atoms with Crippen molar-refractivity contribution in [2.75, 3.05) is 0 Å². The van der Waals surface area contributed by atoms with Crippen LogP contribution >= 0.6 is 11.6 Å². The van der Waals surface area contributed by atoms with E-state index in [-0.39, 0.29) is 5.56 Å². The second kappa shape index (κ2) is 4.57. The fourth-order valence-electron chi connectivity index (χ4n) is 1.45. The molecule has 1 unspecified atom stereocenters. The minimum Gasteiger partial charge on any atom is -0.479 e. The highest BCUT2D eigenvalue weighted by Crippen LogP contribution is 2.24. The van der Waals surface area contributed by atoms with E-state index >= 15 is 0 Å². The lowest BCUT2D eigenvalue weighted by Crippen LogP contribution is -2.10. The first-order chi connectivity index (χ1) is 8.09. The lowest BCUT2D eigenvalue weighted by Gasteiger charge is -2.09. The second-order valence-electron chi connectivity index (χ2n) is 3.42. The summed E-state index contributed by atoms with van der Waals surface area (Å²) in [6.45, 7) is 0. The molecular formula is C11H9ClN2O3. The first kappa shape index (κ1) is 11.6. The molecule has 0 amide bonds. The first-order valence-corrected chi connectivity index (χ1v) is 5.16. The van der Waals surface area contributed by atoms with Crippen LogP contribution in [0.5, 0.6) is 0 Å². The van der Waals surface area contributed by atoms with Gasteiger partial charge < -0.3 is 14.8 Å². The Bertz CT molecular complexity index is 540. The minimum absolute atomic E-state index is 0.242. The third kappa shape index (κ3) is 2.30. The van der Waals surface area contributed by atoms with E-state index < -0.39 is 12.1 Å². The third-order valence-electron chi connectivity index (χ3n) is 2.30. The van der Waals surface area contributed by atoms with Crippen LogP contribution < -0.4 is 0 Å². The molecule has 0 aliphatic heterocycles. The Labute approximate surface area is 102 Å². The minimum atomic E-state index is -1.57. The molecule has 0 fully saturated rings. The molecule has 1 aromatic heterocycles. The van der Waals surface area contributed by atoms with Crippen molar-refractivity contribution in [2.24, 2.45) is 0 Å². The number of nitrogens with zero attached hydrogens (tertiary/aromatic N) is 2. The number of aliphatic hydroxyl groups is 1. The van der Waals surface area contributed by atoms with Crippen LogP contribution in [0, 0.1) is 0 Å². The molecule has 88 valence electrons. The highest BCUT2D eigenvalue weighted by molar-refractivity contribution is 6.32. The van der Waals surface area contributed by atoms with Gasteiger partial charge in [-0.25, -0.2) is 9.78 Å². The highest BCUT2D eigenvalue weighted by atomic mass is 35.5. The smallest absolute Gasteiger partial charge is 0.337 e. The second-order valence-corrected chi connectivity index (χ2v) is 3.83. The summed E-state index contributed by atoms with van der Waals surface area (Å²) in [5.41, 5.74) is 0.914. The van der Waals surface area contributed by atoms with Crippen molar-refractivity contribution in [3.05, 3.63) is 47.5 Å². The van der Waals surface area contributed by atoms with Gasteiger partial charge in [0.15, 0.2) is 6.10 Å². The number of hydrogen-bond acceptors (Lipinski definition) is 3. The van der Waals surface area contributed by atoms with Crippen molar-refractivity contribution in [3.63, 3.8) is 0 Å². The maximum Gasteiger partial charge on any atom is 0.337 e. The van der Waals surface area contributed by atoms with Gasteiger partial charge in [0.05, 0.1) is 17.0 Å². The Kier molecular flexibility index (Phi) is 3.12. The molecule has 1 aromatic carbocycles. The lowest BCUT2D eigenvalue weighted by atomic mass is 10.1. The molecule has 2 rings (SSSR count). The van der Waals surface area contributed by atoms with Crippen molar-refractivity contribution < 1.29 is 15.0 Å². The molecular weight excluding hydrogens is 244 g/mol. The molecule has 2 aromatic rings. The van der Waals surface area contributed by atoms with Crippen molar-refractivity contribution in [1.82, 2.24) is 9.55 Å². The average molecular weight is 253 g/mol. The van der Waals surface area contributed by atoms with Gasteiger partial charge in [-0.3, -0.25) is 0 Å². The molecule has 0 radical (unpaired) electrons. The van der Waals surface area contributed by atoms with E-state index in [1.807, 2.05) is 0 Å². The summed E-state index contributed by atoms with van der Waals surface area (Å²) in [5, 5.41) is 18.4. The van der Waals surface area contributed by atoms with Crippen LogP contribution in [-0.2, 0) is 4.79 Å². The maximum atomic E-state index is 10.6. The van der Waals surface area contributed by atoms with Gasteiger partial charge in [0.2, 0.25) is 0 Å². The van der Waals surface area contributed by atoms with Crippen LogP contribution in [0.15, 0.2) is 36.9 Å². The quantitative estimate of drug-likeness (QED) is 0.871. The molecule has 0 aliphatic carbocycles. The average Bonchev–Trinajstić information content (AvgIpc) is 2.81. The van der Waals surface area contributed by atoms with Crippen molar-refractivity contribution in [3.8, 4) is 5.69 Å². The van der Waals surface area contributed by atoms with Crippen LogP contribution in [0.4, 0.5) is 0 Å². The number of aliphatic hydroxyl groups excluding tert-OH is 1. The van der Waals surface area contributed by atoms with Gasteiger partial charge in [0.25, 0.3) is 0 Å². The number of hydrogen-bond donors (Lipinski definition) is 2. The number of rotatable bonds is 3. The number of aromatic nitrogens is 2. The van der Waals surface area contributed by atoms with E-state index in [1.165, 1.54) is 12.1 Å². The van der Waals surface area contributed by atoms with Crippen LogP contribution in [-0.4, -0.2) is 25.7 Å². The summed E-state index contributed by atoms with van der Waals surface area (Å²) in [7, 11) is 0. The maximum absolute atomic E-state index is 10.6. The van der Waals surface area contributed by atoms with Gasteiger partial charge in [-0.2, -0.15) is 0 Å². The fourth-order valence-corrected chi connectivity index (χ4v) is 1.73. The molecule has 1 heterocycles. The predicted octanol–water partition coefficient (Wildman–Crippen LogP) is 1.64. The highest BCUT2D eigenvalue weighted by Gasteiger charge is 2.17. The van der Waals surface area contributed by atoms with Crippen LogP contribution in [0.1, 0.15) is 11.7 Å². The molecule has 5 nitrogen and oxygen atoms in total. The van der Waals surface area contributed by atoms with E-state index in [0.29, 0.717) is 10.7 Å². The zero-order valence-electron chi connectivity index (χ0n) is 8.62. The Morgan fingerprint density at radius 1 is 1.47 bits per heavy atom. The number of carboxylic acids is 1. The molecule has 6 heteroatoms. The summed E-state index contributed by atoms with van der Waals surface area (Å²) >= 11 is 6.02. The Hall–Kier alpha value is -1.85. The topological polar surface area (TPSA) is 75.3 Å². The van der Waals surface area contributed by atoms with Crippen molar-refractivity contribution in [1.29, 1.82) is 0 Å². The number of carboxylic acid groups (broad SMARTS) is 1. The van der Waals surface area contributed by atoms with E-state index in [1.54, 1.807) is 29.4 Å². The first-order valence-electron chi connectivity index (χ1n) is 4.78. The Morgan fingerprint density at radius 3 is 2.76 bits per heavy atom. The van der Waals surface area contributed by atoms with E-state index in [2.05, 4.69) is 4.98 Å². The third-order valence-corrected chi connectivity index (χ3v) is 2.61. The van der Waals surface area contributed by atoms with Gasteiger partial charge in [-0.05, 0) is 17.7 Å². The van der Waals surface area contributed by atoms with E-state index in [4.69, 9.17) is 16.7 Å². The molecule has 2 N–H and O–H groups in total. The molecule has 0 spiro atoms. The summed E-state index contributed by atoms with van der Waals surface area (Å²) in [4.78, 5) is 14.5. The fraction of sp³-hybridized carbons (Fsp3) is 0.0909. The Morgan fingerprint density at radius 2 is 2.24 bits per heavy atom. The largest absolute Gasteiger partial charge is 0.479 e. The molecule has 0 saturated carbocycles. The molecule has 0 aliphatic rings. The summed E-state index contributed by atoms with van der Waals surface area (Å²) in [6.07, 6.45) is 3.34. The van der Waals surface area contributed by atoms with Gasteiger partial charge >= 0.3 is 5.97 Å². The summed E-state index contributed by atoms with van der Waals surface area (Å²) in [6, 6.07) is 4.57. The number of carbonyl (C=O) groups is 1. The van der Waals surface area contributed by atoms with Gasteiger partial charge in [-0.1, -0.05) is 17.7 Å². The SMILES string of the molecule is O=C(O)C(O)c1ccc(-n2ccnc2)c(Cl)c1. The van der Waals surface area contributed by atoms with Crippen LogP contribution in [0.3, 0.4) is 0 Å².